The van der Waals surface area contributed by atoms with Gasteiger partial charge in [0.2, 0.25) is 17.0 Å². The molecule has 9 nitrogen and oxygen atoms in total. The monoisotopic (exact) mass is 606 g/mol. The minimum Gasteiger partial charge on any atom is -0.490 e. The topological polar surface area (TPSA) is 111 Å². The summed E-state index contributed by atoms with van der Waals surface area (Å²) < 4.78 is 25.8. The zero-order chi connectivity index (χ0) is 26.5. The molecule has 4 rings (SSSR count). The van der Waals surface area contributed by atoms with E-state index in [1.54, 1.807) is 43.3 Å². The van der Waals surface area contributed by atoms with Crippen LogP contribution >= 0.6 is 39.3 Å². The van der Waals surface area contributed by atoms with Gasteiger partial charge < -0.3 is 14.8 Å². The molecule has 1 aliphatic rings. The highest BCUT2D eigenvalue weighted by Gasteiger charge is 2.36. The van der Waals surface area contributed by atoms with E-state index < -0.39 is 29.4 Å². The molecule has 0 unspecified atom stereocenters. The van der Waals surface area contributed by atoms with E-state index in [0.717, 1.165) is 11.1 Å². The second-order valence-electron chi connectivity index (χ2n) is 7.33. The molecule has 3 amide bonds. The van der Waals surface area contributed by atoms with E-state index >= 15 is 0 Å². The maximum Gasteiger partial charge on any atom is 0.294 e. The third-order valence-corrected chi connectivity index (χ3v) is 6.56. The van der Waals surface area contributed by atoms with E-state index in [0.29, 0.717) is 27.5 Å². The molecule has 0 aliphatic carbocycles. The van der Waals surface area contributed by atoms with Crippen molar-refractivity contribution < 1.29 is 28.2 Å². The number of halogens is 3. The lowest BCUT2D eigenvalue weighted by Crippen LogP contribution is -2.36. The van der Waals surface area contributed by atoms with Crippen LogP contribution in [0.4, 0.5) is 14.9 Å². The number of hydrogen-bond acceptors (Lipinski definition) is 8. The fraction of sp³-hybridized carbons (Fsp3) is 0.125. The molecule has 1 fully saturated rings. The number of rotatable bonds is 8. The van der Waals surface area contributed by atoms with Crippen molar-refractivity contribution >= 4 is 68.1 Å². The summed E-state index contributed by atoms with van der Waals surface area (Å²) >= 11 is 9.76. The third kappa shape index (κ3) is 6.45. The fourth-order valence-electron chi connectivity index (χ4n) is 3.16. The Bertz CT molecular complexity index is 1420. The minimum absolute atomic E-state index is 0.128. The first-order chi connectivity index (χ1) is 17.7. The first-order valence-corrected chi connectivity index (χ1v) is 12.7. The van der Waals surface area contributed by atoms with Crippen LogP contribution < -0.4 is 14.8 Å². The number of hydrogen-bond donors (Lipinski definition) is 1. The van der Waals surface area contributed by atoms with Crippen molar-refractivity contribution in [1.29, 1.82) is 0 Å². The van der Waals surface area contributed by atoms with Crippen LogP contribution in [0.2, 0.25) is 5.28 Å². The second-order valence-corrected chi connectivity index (χ2v) is 9.51. The van der Waals surface area contributed by atoms with Gasteiger partial charge in [-0.1, -0.05) is 18.2 Å². The average molecular weight is 608 g/mol. The highest BCUT2D eigenvalue weighted by atomic mass is 79.9. The summed E-state index contributed by atoms with van der Waals surface area (Å²) in [5.74, 6) is -1.91. The summed E-state index contributed by atoms with van der Waals surface area (Å²) in [6, 6.07) is 11.6. The standard InChI is InChI=1S/C24H17BrClFN4O5S/c1-2-35-18-9-13(7-8-17(18)36-21-15(27)11-28-23(26)30-21)10-19-22(33)31(24(34)37-19)12-20(32)29-16-6-4-3-5-14(16)25/h3-11H,2,12H2,1H3,(H,29,32)/b19-10+. The van der Waals surface area contributed by atoms with E-state index in [2.05, 4.69) is 31.2 Å². The van der Waals surface area contributed by atoms with Crippen LogP contribution in [0, 0.1) is 5.82 Å². The molecule has 0 radical (unpaired) electrons. The Morgan fingerprint density at radius 2 is 2.03 bits per heavy atom. The van der Waals surface area contributed by atoms with Crippen molar-refractivity contribution in [3.63, 3.8) is 0 Å². The first-order valence-electron chi connectivity index (χ1n) is 10.7. The number of para-hydroxylation sites is 1. The molecule has 3 aromatic rings. The molecule has 0 saturated carbocycles. The molecule has 0 spiro atoms. The second kappa shape index (κ2) is 11.7. The number of amides is 3. The molecule has 2 heterocycles. The summed E-state index contributed by atoms with van der Waals surface area (Å²) in [5.41, 5.74) is 1.03. The van der Waals surface area contributed by atoms with Crippen molar-refractivity contribution in [2.24, 2.45) is 0 Å². The summed E-state index contributed by atoms with van der Waals surface area (Å²) in [7, 11) is 0. The van der Waals surface area contributed by atoms with Gasteiger partial charge in [0.15, 0.2) is 11.5 Å². The maximum absolute atomic E-state index is 14.0. The van der Waals surface area contributed by atoms with Crippen molar-refractivity contribution in [1.82, 2.24) is 14.9 Å². The van der Waals surface area contributed by atoms with Crippen LogP contribution in [-0.2, 0) is 9.59 Å². The van der Waals surface area contributed by atoms with Gasteiger partial charge in [0, 0.05) is 4.47 Å². The maximum atomic E-state index is 14.0. The van der Waals surface area contributed by atoms with Crippen LogP contribution in [-0.4, -0.2) is 45.1 Å². The zero-order valence-electron chi connectivity index (χ0n) is 19.0. The Kier molecular flexibility index (Phi) is 8.41. The molecule has 1 aliphatic heterocycles. The summed E-state index contributed by atoms with van der Waals surface area (Å²) in [4.78, 5) is 46.0. The van der Waals surface area contributed by atoms with Crippen molar-refractivity contribution in [2.45, 2.75) is 6.92 Å². The van der Waals surface area contributed by atoms with E-state index in [1.807, 2.05) is 0 Å². The Morgan fingerprint density at radius 1 is 1.24 bits per heavy atom. The number of anilines is 1. The Morgan fingerprint density at radius 3 is 2.78 bits per heavy atom. The number of nitrogens with zero attached hydrogens (tertiary/aromatic N) is 3. The molecular formula is C24H17BrClFN4O5S. The lowest BCUT2D eigenvalue weighted by Gasteiger charge is -2.13. The van der Waals surface area contributed by atoms with Crippen molar-refractivity contribution in [2.75, 3.05) is 18.5 Å². The average Bonchev–Trinajstić information content (AvgIpc) is 3.11. The van der Waals surface area contributed by atoms with Gasteiger partial charge in [-0.3, -0.25) is 19.3 Å². The van der Waals surface area contributed by atoms with E-state index in [9.17, 15) is 18.8 Å². The van der Waals surface area contributed by atoms with Gasteiger partial charge in [-0.25, -0.2) is 4.98 Å². The number of imide groups is 1. The molecule has 2 aromatic carbocycles. The highest BCUT2D eigenvalue weighted by molar-refractivity contribution is 9.10. The van der Waals surface area contributed by atoms with Crippen LogP contribution in [0.3, 0.4) is 0 Å². The Labute approximate surface area is 228 Å². The lowest BCUT2D eigenvalue weighted by molar-refractivity contribution is -0.127. The normalized spacial score (nSPS) is 14.3. The number of nitrogens with one attached hydrogen (secondary N) is 1. The van der Waals surface area contributed by atoms with E-state index in [-0.39, 0.29) is 34.2 Å². The predicted molar refractivity (Wildman–Crippen MR) is 140 cm³/mol. The number of thioether (sulfide) groups is 1. The first kappa shape index (κ1) is 26.6. The van der Waals surface area contributed by atoms with Crippen LogP contribution in [0.1, 0.15) is 12.5 Å². The van der Waals surface area contributed by atoms with Gasteiger partial charge >= 0.3 is 0 Å². The summed E-state index contributed by atoms with van der Waals surface area (Å²) in [5, 5.41) is 1.90. The largest absolute Gasteiger partial charge is 0.490 e. The number of ether oxygens (including phenoxy) is 2. The van der Waals surface area contributed by atoms with Crippen LogP contribution in [0.5, 0.6) is 17.4 Å². The summed E-state index contributed by atoms with van der Waals surface area (Å²) in [6.45, 7) is 1.59. The van der Waals surface area contributed by atoms with Gasteiger partial charge in [0.05, 0.1) is 23.4 Å². The molecule has 13 heteroatoms. The highest BCUT2D eigenvalue weighted by Crippen LogP contribution is 2.36. The Balaban J connectivity index is 1.51. The molecule has 1 aromatic heterocycles. The van der Waals surface area contributed by atoms with Gasteiger partial charge in [-0.05, 0) is 82.1 Å². The zero-order valence-corrected chi connectivity index (χ0v) is 22.2. The fourth-order valence-corrected chi connectivity index (χ4v) is 4.51. The van der Waals surface area contributed by atoms with Gasteiger partial charge in [0.1, 0.15) is 6.54 Å². The third-order valence-electron chi connectivity index (χ3n) is 4.78. The Hall–Kier alpha value is -3.48. The lowest BCUT2D eigenvalue weighted by atomic mass is 10.2. The van der Waals surface area contributed by atoms with Crippen molar-refractivity contribution in [3.8, 4) is 17.4 Å². The molecule has 0 atom stereocenters. The van der Waals surface area contributed by atoms with Gasteiger partial charge in [0.25, 0.3) is 17.0 Å². The molecule has 1 N–H and O–H groups in total. The minimum atomic E-state index is -0.812. The predicted octanol–water partition coefficient (Wildman–Crippen LogP) is 5.90. The molecular weight excluding hydrogens is 591 g/mol. The number of aromatic nitrogens is 2. The number of benzene rings is 2. The SMILES string of the molecule is CCOc1cc(/C=C2/SC(=O)N(CC(=O)Nc3ccccc3Br)C2=O)ccc1Oc1nc(Cl)ncc1F. The molecule has 0 bridgehead atoms. The van der Waals surface area contributed by atoms with Crippen LogP contribution in [0.15, 0.2) is 58.0 Å². The van der Waals surface area contributed by atoms with Crippen molar-refractivity contribution in [3.05, 3.63) is 74.7 Å². The molecule has 1 saturated heterocycles. The van der Waals surface area contributed by atoms with Gasteiger partial charge in [-0.15, -0.1) is 0 Å². The molecule has 37 heavy (non-hydrogen) atoms. The van der Waals surface area contributed by atoms with Gasteiger partial charge in [-0.2, -0.15) is 9.37 Å². The quantitative estimate of drug-likeness (QED) is 0.249. The number of carbonyl (C=O) groups excluding carboxylic acids is 3. The smallest absolute Gasteiger partial charge is 0.294 e. The van der Waals surface area contributed by atoms with Crippen LogP contribution in [0.25, 0.3) is 6.08 Å². The van der Waals surface area contributed by atoms with E-state index in [4.69, 9.17) is 21.1 Å². The van der Waals surface area contributed by atoms with E-state index in [1.165, 1.54) is 12.1 Å². The number of carbonyl (C=O) groups is 3. The summed E-state index contributed by atoms with van der Waals surface area (Å²) in [6.07, 6.45) is 2.37. The molecule has 190 valence electrons.